The molecular formula is C15H24N2O3S. The summed E-state index contributed by atoms with van der Waals surface area (Å²) >= 11 is 1.89. The van der Waals surface area contributed by atoms with Crippen LogP contribution in [0.5, 0.6) is 0 Å². The van der Waals surface area contributed by atoms with E-state index in [4.69, 9.17) is 9.26 Å². The van der Waals surface area contributed by atoms with Crippen LogP contribution in [0.25, 0.3) is 0 Å². The Labute approximate surface area is 130 Å². The molecule has 0 bridgehead atoms. The average molecular weight is 312 g/mol. The minimum atomic E-state index is -0.892. The molecule has 0 N–H and O–H groups in total. The van der Waals surface area contributed by atoms with Crippen molar-refractivity contribution in [1.29, 1.82) is 0 Å². The standard InChI is InChI=1S/C15H24N2O3S/c1-4-19-14(18)15(2,3)13-16-12(17-20-13)10-21-11-8-6-5-7-9-11/h11H,4-10H2,1-3H3. The number of esters is 1. The summed E-state index contributed by atoms with van der Waals surface area (Å²) in [5, 5.41) is 4.70. The molecule has 2 rings (SSSR count). The number of thioether (sulfide) groups is 1. The number of aromatic nitrogens is 2. The van der Waals surface area contributed by atoms with Gasteiger partial charge < -0.3 is 9.26 Å². The van der Waals surface area contributed by atoms with E-state index in [1.807, 2.05) is 11.8 Å². The molecule has 0 unspecified atom stereocenters. The van der Waals surface area contributed by atoms with Crippen molar-refractivity contribution < 1.29 is 14.1 Å². The first kappa shape index (κ1) is 16.3. The van der Waals surface area contributed by atoms with E-state index in [1.165, 1.54) is 32.1 Å². The van der Waals surface area contributed by atoms with Gasteiger partial charge >= 0.3 is 5.97 Å². The summed E-state index contributed by atoms with van der Waals surface area (Å²) in [6.07, 6.45) is 6.57. The van der Waals surface area contributed by atoms with E-state index in [9.17, 15) is 4.79 Å². The molecule has 1 aliphatic carbocycles. The molecule has 5 nitrogen and oxygen atoms in total. The Bertz CT molecular complexity index is 467. The van der Waals surface area contributed by atoms with Crippen LogP contribution in [-0.2, 0) is 20.7 Å². The molecule has 0 aromatic carbocycles. The van der Waals surface area contributed by atoms with E-state index in [1.54, 1.807) is 20.8 Å². The molecule has 1 aromatic rings. The van der Waals surface area contributed by atoms with Crippen molar-refractivity contribution in [3.05, 3.63) is 11.7 Å². The number of carbonyl (C=O) groups is 1. The van der Waals surface area contributed by atoms with E-state index in [2.05, 4.69) is 10.1 Å². The average Bonchev–Trinajstić information content (AvgIpc) is 2.96. The summed E-state index contributed by atoms with van der Waals surface area (Å²) in [6, 6.07) is 0. The minimum absolute atomic E-state index is 0.333. The van der Waals surface area contributed by atoms with Crippen LogP contribution in [0.4, 0.5) is 0 Å². The van der Waals surface area contributed by atoms with Crippen molar-refractivity contribution >= 4 is 17.7 Å². The quantitative estimate of drug-likeness (QED) is 0.749. The second kappa shape index (κ2) is 7.29. The number of hydrogen-bond acceptors (Lipinski definition) is 6. The first-order valence-electron chi connectivity index (χ1n) is 7.66. The third kappa shape index (κ3) is 4.22. The molecule has 1 saturated carbocycles. The molecule has 21 heavy (non-hydrogen) atoms. The van der Waals surface area contributed by atoms with Crippen LogP contribution in [0.15, 0.2) is 4.52 Å². The van der Waals surface area contributed by atoms with Crippen molar-refractivity contribution in [3.63, 3.8) is 0 Å². The Morgan fingerprint density at radius 1 is 1.38 bits per heavy atom. The van der Waals surface area contributed by atoms with Gasteiger partial charge in [0.1, 0.15) is 5.41 Å². The minimum Gasteiger partial charge on any atom is -0.465 e. The fourth-order valence-corrected chi connectivity index (χ4v) is 3.56. The van der Waals surface area contributed by atoms with Crippen LogP contribution in [0.3, 0.4) is 0 Å². The first-order valence-corrected chi connectivity index (χ1v) is 8.70. The van der Waals surface area contributed by atoms with E-state index in [-0.39, 0.29) is 5.97 Å². The maximum absolute atomic E-state index is 11.9. The lowest BCUT2D eigenvalue weighted by Crippen LogP contribution is -2.31. The summed E-state index contributed by atoms with van der Waals surface area (Å²) in [4.78, 5) is 16.3. The van der Waals surface area contributed by atoms with E-state index < -0.39 is 5.41 Å². The largest absolute Gasteiger partial charge is 0.465 e. The molecule has 0 atom stereocenters. The molecule has 1 fully saturated rings. The molecule has 1 aliphatic rings. The van der Waals surface area contributed by atoms with Gasteiger partial charge in [-0.15, -0.1) is 0 Å². The normalized spacial score (nSPS) is 16.9. The third-order valence-electron chi connectivity index (χ3n) is 3.79. The highest BCUT2D eigenvalue weighted by atomic mass is 32.2. The van der Waals surface area contributed by atoms with Crippen LogP contribution >= 0.6 is 11.8 Å². The summed E-state index contributed by atoms with van der Waals surface area (Å²) in [6.45, 7) is 5.63. The maximum Gasteiger partial charge on any atom is 0.321 e. The maximum atomic E-state index is 11.9. The summed E-state index contributed by atoms with van der Waals surface area (Å²) < 4.78 is 10.3. The summed E-state index contributed by atoms with van der Waals surface area (Å²) in [7, 11) is 0. The van der Waals surface area contributed by atoms with Crippen molar-refractivity contribution in [1.82, 2.24) is 10.1 Å². The van der Waals surface area contributed by atoms with Crippen molar-refractivity contribution in [2.75, 3.05) is 6.61 Å². The van der Waals surface area contributed by atoms with Crippen molar-refractivity contribution in [2.24, 2.45) is 0 Å². The third-order valence-corrected chi connectivity index (χ3v) is 5.16. The van der Waals surface area contributed by atoms with Gasteiger partial charge in [0.2, 0.25) is 5.89 Å². The van der Waals surface area contributed by atoms with Gasteiger partial charge in [-0.25, -0.2) is 0 Å². The molecular weight excluding hydrogens is 288 g/mol. The zero-order chi connectivity index (χ0) is 15.3. The van der Waals surface area contributed by atoms with E-state index in [0.29, 0.717) is 23.6 Å². The Morgan fingerprint density at radius 2 is 2.10 bits per heavy atom. The first-order chi connectivity index (χ1) is 10.0. The second-order valence-corrected chi connectivity index (χ2v) is 7.22. The van der Waals surface area contributed by atoms with Gasteiger partial charge in [-0.05, 0) is 33.6 Å². The Balaban J connectivity index is 1.92. The molecule has 6 heteroatoms. The Hall–Kier alpha value is -1.04. The Kier molecular flexibility index (Phi) is 5.67. The smallest absolute Gasteiger partial charge is 0.321 e. The van der Waals surface area contributed by atoms with Gasteiger partial charge in [-0.2, -0.15) is 16.7 Å². The van der Waals surface area contributed by atoms with Crippen molar-refractivity contribution in [3.8, 4) is 0 Å². The molecule has 1 heterocycles. The van der Waals surface area contributed by atoms with Gasteiger partial charge in [-0.3, -0.25) is 4.79 Å². The number of ether oxygens (including phenoxy) is 1. The second-order valence-electron chi connectivity index (χ2n) is 5.93. The topological polar surface area (TPSA) is 65.2 Å². The lowest BCUT2D eigenvalue weighted by molar-refractivity contribution is -0.149. The molecule has 0 spiro atoms. The zero-order valence-electron chi connectivity index (χ0n) is 13.1. The summed E-state index contributed by atoms with van der Waals surface area (Å²) in [5.74, 6) is 1.41. The lowest BCUT2D eigenvalue weighted by atomic mass is 9.94. The zero-order valence-corrected chi connectivity index (χ0v) is 13.9. The molecule has 1 aromatic heterocycles. The van der Waals surface area contributed by atoms with Crippen molar-refractivity contribution in [2.45, 2.75) is 69.3 Å². The fraction of sp³-hybridized carbons (Fsp3) is 0.800. The van der Waals surface area contributed by atoms with Gasteiger partial charge in [0, 0.05) is 5.25 Å². The number of hydrogen-bond donors (Lipinski definition) is 0. The van der Waals surface area contributed by atoms with Crippen LogP contribution in [0.1, 0.15) is 64.6 Å². The highest BCUT2D eigenvalue weighted by Crippen LogP contribution is 2.30. The number of nitrogens with zero attached hydrogens (tertiary/aromatic N) is 2. The van der Waals surface area contributed by atoms with E-state index >= 15 is 0 Å². The molecule has 0 aliphatic heterocycles. The van der Waals surface area contributed by atoms with Gasteiger partial charge in [0.15, 0.2) is 5.82 Å². The predicted octanol–water partition coefficient (Wildman–Crippen LogP) is 3.48. The Morgan fingerprint density at radius 3 is 2.76 bits per heavy atom. The van der Waals surface area contributed by atoms with Crippen LogP contribution in [0.2, 0.25) is 0 Å². The predicted molar refractivity (Wildman–Crippen MR) is 82.1 cm³/mol. The fourth-order valence-electron chi connectivity index (χ4n) is 2.39. The highest BCUT2D eigenvalue weighted by molar-refractivity contribution is 7.99. The highest BCUT2D eigenvalue weighted by Gasteiger charge is 2.37. The van der Waals surface area contributed by atoms with Crippen LogP contribution in [-0.4, -0.2) is 28.0 Å². The van der Waals surface area contributed by atoms with Gasteiger partial charge in [0.25, 0.3) is 0 Å². The van der Waals surface area contributed by atoms with E-state index in [0.717, 1.165) is 5.75 Å². The molecule has 0 amide bonds. The lowest BCUT2D eigenvalue weighted by Gasteiger charge is -2.20. The number of carbonyl (C=O) groups excluding carboxylic acids is 1. The molecule has 0 radical (unpaired) electrons. The molecule has 118 valence electrons. The SMILES string of the molecule is CCOC(=O)C(C)(C)c1nc(CSC2CCCCC2)no1. The summed E-state index contributed by atoms with van der Waals surface area (Å²) in [5.41, 5.74) is -0.892. The van der Waals surface area contributed by atoms with Crippen LogP contribution < -0.4 is 0 Å². The van der Waals surface area contributed by atoms with Crippen LogP contribution in [0, 0.1) is 0 Å². The number of rotatable bonds is 6. The van der Waals surface area contributed by atoms with Gasteiger partial charge in [-0.1, -0.05) is 24.4 Å². The monoisotopic (exact) mass is 312 g/mol. The van der Waals surface area contributed by atoms with Gasteiger partial charge in [0.05, 0.1) is 12.4 Å². The molecule has 0 saturated heterocycles.